The van der Waals surface area contributed by atoms with Gasteiger partial charge in [-0.15, -0.1) is 10.2 Å². The molecule has 0 saturated carbocycles. The summed E-state index contributed by atoms with van der Waals surface area (Å²) in [4.78, 5) is 16.7. The van der Waals surface area contributed by atoms with Crippen LogP contribution in [0.5, 0.6) is 23.0 Å². The number of anilines is 1. The van der Waals surface area contributed by atoms with E-state index in [2.05, 4.69) is 15.1 Å². The lowest BCUT2D eigenvalue weighted by atomic mass is 10.1. The van der Waals surface area contributed by atoms with E-state index in [0.717, 1.165) is 11.4 Å². The van der Waals surface area contributed by atoms with Gasteiger partial charge in [0.25, 0.3) is 5.91 Å². The maximum atomic E-state index is 13.1. The van der Waals surface area contributed by atoms with Gasteiger partial charge in [0.1, 0.15) is 11.6 Å². The van der Waals surface area contributed by atoms with E-state index in [1.165, 1.54) is 24.3 Å². The van der Waals surface area contributed by atoms with Gasteiger partial charge < -0.3 is 28.7 Å². The van der Waals surface area contributed by atoms with Gasteiger partial charge in [-0.3, -0.25) is 4.79 Å². The highest BCUT2D eigenvalue weighted by atomic mass is 19.1. The fourth-order valence-electron chi connectivity index (χ4n) is 4.06. The fraction of sp³-hybridized carbons (Fsp3) is 0.346. The fourth-order valence-corrected chi connectivity index (χ4v) is 4.06. The summed E-state index contributed by atoms with van der Waals surface area (Å²) in [7, 11) is 4.69. The highest BCUT2D eigenvalue weighted by molar-refractivity contribution is 5.81. The molecule has 0 spiro atoms. The standard InChI is InChI=1S/C26H29FN4O5/c1-17(36-20-7-5-19(27)6-8-20)26(32)31-13-11-30(12-14-31)24-10-9-21(28-29-24)18-15-22(33-2)25(35-4)23(16-18)34-3/h5-10,15-17H,11-14H2,1-4H3. The topological polar surface area (TPSA) is 86.3 Å². The Kier molecular flexibility index (Phi) is 7.72. The predicted octanol–water partition coefficient (Wildman–Crippen LogP) is 3.42. The van der Waals surface area contributed by atoms with Crippen molar-refractivity contribution in [2.45, 2.75) is 13.0 Å². The number of carbonyl (C=O) groups excluding carboxylic acids is 1. The van der Waals surface area contributed by atoms with Crippen molar-refractivity contribution in [2.75, 3.05) is 52.4 Å². The van der Waals surface area contributed by atoms with Crippen molar-refractivity contribution in [3.63, 3.8) is 0 Å². The third-order valence-corrected chi connectivity index (χ3v) is 6.00. The number of hydrogen-bond acceptors (Lipinski definition) is 8. The SMILES string of the molecule is COc1cc(-c2ccc(N3CCN(C(=O)C(C)Oc4ccc(F)cc4)CC3)nn2)cc(OC)c1OC. The van der Waals surface area contributed by atoms with Crippen LogP contribution in [-0.4, -0.2) is 74.6 Å². The van der Waals surface area contributed by atoms with Gasteiger partial charge >= 0.3 is 0 Å². The average Bonchev–Trinajstić information content (AvgIpc) is 2.93. The summed E-state index contributed by atoms with van der Waals surface area (Å²) in [6.07, 6.45) is -0.667. The molecule has 1 amide bonds. The summed E-state index contributed by atoms with van der Waals surface area (Å²) >= 11 is 0. The number of aromatic nitrogens is 2. The van der Waals surface area contributed by atoms with E-state index in [0.29, 0.717) is 54.9 Å². The van der Waals surface area contributed by atoms with E-state index in [4.69, 9.17) is 18.9 Å². The van der Waals surface area contributed by atoms with Gasteiger partial charge in [-0.1, -0.05) is 0 Å². The molecule has 190 valence electrons. The Morgan fingerprint density at radius 2 is 1.53 bits per heavy atom. The molecule has 1 unspecified atom stereocenters. The molecule has 1 aliphatic heterocycles. The lowest BCUT2D eigenvalue weighted by molar-refractivity contribution is -0.138. The Hall–Kier alpha value is -4.08. The lowest BCUT2D eigenvalue weighted by Gasteiger charge is -2.36. The summed E-state index contributed by atoms with van der Waals surface area (Å²) in [6, 6.07) is 13.1. The first kappa shape index (κ1) is 25.0. The molecule has 0 bridgehead atoms. The van der Waals surface area contributed by atoms with Gasteiger partial charge in [0.2, 0.25) is 5.75 Å². The van der Waals surface area contributed by atoms with Crippen molar-refractivity contribution in [3.05, 3.63) is 54.3 Å². The van der Waals surface area contributed by atoms with Gasteiger partial charge in [0.05, 0.1) is 27.0 Å². The molecule has 0 aliphatic carbocycles. The first-order chi connectivity index (χ1) is 17.4. The largest absolute Gasteiger partial charge is 0.493 e. The molecule has 2 aromatic carbocycles. The number of hydrogen-bond donors (Lipinski definition) is 0. The molecule has 36 heavy (non-hydrogen) atoms. The summed E-state index contributed by atoms with van der Waals surface area (Å²) < 4.78 is 35.0. The molecular formula is C26H29FN4O5. The van der Waals surface area contributed by atoms with E-state index in [9.17, 15) is 9.18 Å². The number of benzene rings is 2. The van der Waals surface area contributed by atoms with Gasteiger partial charge in [0, 0.05) is 31.7 Å². The molecule has 1 aliphatic rings. The van der Waals surface area contributed by atoms with Crippen LogP contribution in [-0.2, 0) is 4.79 Å². The van der Waals surface area contributed by atoms with Gasteiger partial charge in [0.15, 0.2) is 23.4 Å². The van der Waals surface area contributed by atoms with Crippen LogP contribution in [0, 0.1) is 5.82 Å². The number of methoxy groups -OCH3 is 3. The van der Waals surface area contributed by atoms with Crippen molar-refractivity contribution in [1.29, 1.82) is 0 Å². The second kappa shape index (κ2) is 11.1. The van der Waals surface area contributed by atoms with Crippen molar-refractivity contribution in [1.82, 2.24) is 15.1 Å². The number of amides is 1. The van der Waals surface area contributed by atoms with Crippen LogP contribution < -0.4 is 23.8 Å². The van der Waals surface area contributed by atoms with Gasteiger partial charge in [-0.2, -0.15) is 0 Å². The van der Waals surface area contributed by atoms with Gasteiger partial charge in [-0.25, -0.2) is 4.39 Å². The Labute approximate surface area is 209 Å². The smallest absolute Gasteiger partial charge is 0.263 e. The monoisotopic (exact) mass is 496 g/mol. The Morgan fingerprint density at radius 3 is 2.06 bits per heavy atom. The maximum Gasteiger partial charge on any atom is 0.263 e. The first-order valence-corrected chi connectivity index (χ1v) is 11.5. The Morgan fingerprint density at radius 1 is 0.889 bits per heavy atom. The highest BCUT2D eigenvalue weighted by Gasteiger charge is 2.27. The molecule has 1 saturated heterocycles. The molecule has 3 aromatic rings. The highest BCUT2D eigenvalue weighted by Crippen LogP contribution is 2.40. The van der Waals surface area contributed by atoms with E-state index in [1.807, 2.05) is 24.3 Å². The molecule has 1 aromatic heterocycles. The predicted molar refractivity (Wildman–Crippen MR) is 132 cm³/mol. The molecular weight excluding hydrogens is 467 g/mol. The third-order valence-electron chi connectivity index (χ3n) is 6.00. The van der Waals surface area contributed by atoms with Crippen LogP contribution in [0.2, 0.25) is 0 Å². The molecule has 1 fully saturated rings. The van der Waals surface area contributed by atoms with Gasteiger partial charge in [-0.05, 0) is 55.5 Å². The Balaban J connectivity index is 1.37. The second-order valence-electron chi connectivity index (χ2n) is 8.22. The van der Waals surface area contributed by atoms with Crippen molar-refractivity contribution < 1.29 is 28.1 Å². The zero-order valence-corrected chi connectivity index (χ0v) is 20.7. The molecule has 0 radical (unpaired) electrons. The van der Waals surface area contributed by atoms with E-state index < -0.39 is 6.10 Å². The summed E-state index contributed by atoms with van der Waals surface area (Å²) in [6.45, 7) is 4.00. The van der Waals surface area contributed by atoms with E-state index >= 15 is 0 Å². The summed E-state index contributed by atoms with van der Waals surface area (Å²) in [5, 5.41) is 8.80. The first-order valence-electron chi connectivity index (χ1n) is 11.5. The Bertz CT molecular complexity index is 1160. The molecule has 2 heterocycles. The zero-order valence-electron chi connectivity index (χ0n) is 20.7. The van der Waals surface area contributed by atoms with Crippen LogP contribution >= 0.6 is 0 Å². The lowest BCUT2D eigenvalue weighted by Crippen LogP contribution is -2.52. The minimum Gasteiger partial charge on any atom is -0.493 e. The van der Waals surface area contributed by atoms with E-state index in [1.54, 1.807) is 33.2 Å². The minimum atomic E-state index is -0.667. The van der Waals surface area contributed by atoms with Crippen LogP contribution in [0.3, 0.4) is 0 Å². The molecule has 10 heteroatoms. The molecule has 0 N–H and O–H groups in total. The van der Waals surface area contributed by atoms with Crippen molar-refractivity contribution >= 4 is 11.7 Å². The van der Waals surface area contributed by atoms with Crippen molar-refractivity contribution in [3.8, 4) is 34.3 Å². The quantitative estimate of drug-likeness (QED) is 0.469. The van der Waals surface area contributed by atoms with Crippen molar-refractivity contribution in [2.24, 2.45) is 0 Å². The third kappa shape index (κ3) is 5.42. The normalized spacial score (nSPS) is 14.2. The minimum absolute atomic E-state index is 0.109. The number of halogens is 1. The number of nitrogens with zero attached hydrogens (tertiary/aromatic N) is 4. The summed E-state index contributed by atoms with van der Waals surface area (Å²) in [5.41, 5.74) is 1.45. The number of ether oxygens (including phenoxy) is 4. The molecule has 9 nitrogen and oxygen atoms in total. The second-order valence-corrected chi connectivity index (χ2v) is 8.22. The van der Waals surface area contributed by atoms with Crippen LogP contribution in [0.4, 0.5) is 10.2 Å². The van der Waals surface area contributed by atoms with Crippen LogP contribution in [0.1, 0.15) is 6.92 Å². The molecule has 1 atom stereocenters. The van der Waals surface area contributed by atoms with E-state index in [-0.39, 0.29) is 11.7 Å². The maximum absolute atomic E-state index is 13.1. The van der Waals surface area contributed by atoms with Crippen LogP contribution in [0.15, 0.2) is 48.5 Å². The number of rotatable bonds is 8. The summed E-state index contributed by atoms with van der Waals surface area (Å²) in [5.74, 6) is 2.32. The molecule has 4 rings (SSSR count). The number of carbonyl (C=O) groups is 1. The zero-order chi connectivity index (χ0) is 25.7. The van der Waals surface area contributed by atoms with Crippen LogP contribution in [0.25, 0.3) is 11.3 Å². The number of piperazine rings is 1. The average molecular weight is 497 g/mol.